The monoisotopic (exact) mass is 377 g/mol. The minimum Gasteiger partial charge on any atom is -0.342 e. The maximum absolute atomic E-state index is 13.2. The zero-order chi connectivity index (χ0) is 18.1. The largest absolute Gasteiger partial charge is 0.342 e. The van der Waals surface area contributed by atoms with Crippen LogP contribution in [0.25, 0.3) is 0 Å². The van der Waals surface area contributed by atoms with Gasteiger partial charge >= 0.3 is 0 Å². The summed E-state index contributed by atoms with van der Waals surface area (Å²) in [5, 5.41) is 5.59. The summed E-state index contributed by atoms with van der Waals surface area (Å²) < 4.78 is 3.79. The predicted octanol–water partition coefficient (Wildman–Crippen LogP) is 1.33. The standard InChI is InChI=1S/C18H27N5O2S/c1-21-8-3-14(4-9-21)11-22-10-6-18(17(22)25)5-2-7-23(13-18)16(24)15-12-26-20-19-15/h12,14H,2-11,13H2,1H3. The molecule has 3 fully saturated rings. The van der Waals surface area contributed by atoms with Crippen molar-refractivity contribution in [2.45, 2.75) is 32.1 Å². The number of likely N-dealkylation sites (tertiary alicyclic amines) is 3. The summed E-state index contributed by atoms with van der Waals surface area (Å²) >= 11 is 1.19. The third-order valence-corrected chi connectivity index (χ3v) is 6.87. The fourth-order valence-corrected chi connectivity index (χ4v) is 5.16. The fourth-order valence-electron chi connectivity index (χ4n) is 4.73. The van der Waals surface area contributed by atoms with Crippen LogP contribution >= 0.6 is 11.5 Å². The first-order valence-corrected chi connectivity index (χ1v) is 10.5. The Morgan fingerprint density at radius 3 is 2.81 bits per heavy atom. The van der Waals surface area contributed by atoms with E-state index in [1.54, 1.807) is 5.38 Å². The highest BCUT2D eigenvalue weighted by Gasteiger charge is 2.50. The van der Waals surface area contributed by atoms with Crippen molar-refractivity contribution in [1.29, 1.82) is 0 Å². The number of piperidine rings is 2. The molecular formula is C18H27N5O2S. The van der Waals surface area contributed by atoms with Crippen LogP contribution in [-0.4, -0.2) is 82.4 Å². The van der Waals surface area contributed by atoms with Gasteiger partial charge in [0.1, 0.15) is 0 Å². The Kier molecular flexibility index (Phi) is 4.96. The molecule has 0 bridgehead atoms. The molecule has 142 valence electrons. The first kappa shape index (κ1) is 17.9. The zero-order valence-corrected chi connectivity index (χ0v) is 16.2. The SMILES string of the molecule is CN1CCC(CN2CCC3(CCCN(C(=O)c4csnn4)C3)C2=O)CC1. The molecule has 0 aromatic carbocycles. The van der Waals surface area contributed by atoms with Crippen LogP contribution in [0, 0.1) is 11.3 Å². The molecular weight excluding hydrogens is 350 g/mol. The van der Waals surface area contributed by atoms with Gasteiger partial charge in [-0.15, -0.1) is 5.10 Å². The summed E-state index contributed by atoms with van der Waals surface area (Å²) in [6.07, 6.45) is 5.01. The Hall–Kier alpha value is -1.54. The summed E-state index contributed by atoms with van der Waals surface area (Å²) in [5.41, 5.74) is 0.0312. The lowest BCUT2D eigenvalue weighted by Gasteiger charge is -2.39. The van der Waals surface area contributed by atoms with Crippen molar-refractivity contribution in [3.05, 3.63) is 11.1 Å². The van der Waals surface area contributed by atoms with Gasteiger partial charge in [0.15, 0.2) is 5.69 Å². The molecule has 1 unspecified atom stereocenters. The quantitative estimate of drug-likeness (QED) is 0.795. The Labute approximate surface area is 158 Å². The molecule has 7 nitrogen and oxygen atoms in total. The van der Waals surface area contributed by atoms with E-state index in [0.29, 0.717) is 24.7 Å². The topological polar surface area (TPSA) is 69.6 Å². The zero-order valence-electron chi connectivity index (χ0n) is 15.4. The molecule has 4 rings (SSSR count). The van der Waals surface area contributed by atoms with Gasteiger partial charge in [-0.25, -0.2) is 0 Å². The highest BCUT2D eigenvalue weighted by molar-refractivity contribution is 7.03. The molecule has 3 aliphatic heterocycles. The van der Waals surface area contributed by atoms with Gasteiger partial charge in [-0.1, -0.05) is 4.49 Å². The number of carbonyl (C=O) groups excluding carboxylic acids is 2. The Morgan fingerprint density at radius 2 is 2.08 bits per heavy atom. The van der Waals surface area contributed by atoms with Crippen molar-refractivity contribution in [1.82, 2.24) is 24.3 Å². The molecule has 1 atom stereocenters. The number of rotatable bonds is 3. The Morgan fingerprint density at radius 1 is 1.27 bits per heavy atom. The average Bonchev–Trinajstić information content (AvgIpc) is 3.28. The molecule has 4 heterocycles. The summed E-state index contributed by atoms with van der Waals surface area (Å²) in [5.74, 6) is 0.803. The van der Waals surface area contributed by atoms with Gasteiger partial charge in [0, 0.05) is 31.6 Å². The van der Waals surface area contributed by atoms with Crippen LogP contribution in [-0.2, 0) is 4.79 Å². The third kappa shape index (κ3) is 3.36. The number of aromatic nitrogens is 2. The molecule has 0 aliphatic carbocycles. The van der Waals surface area contributed by atoms with Gasteiger partial charge in [0.05, 0.1) is 5.41 Å². The van der Waals surface area contributed by atoms with Crippen molar-refractivity contribution in [3.63, 3.8) is 0 Å². The first-order valence-electron chi connectivity index (χ1n) is 9.62. The smallest absolute Gasteiger partial charge is 0.275 e. The number of amides is 2. The molecule has 3 aliphatic rings. The molecule has 0 N–H and O–H groups in total. The lowest BCUT2D eigenvalue weighted by atomic mass is 9.78. The van der Waals surface area contributed by atoms with E-state index in [1.807, 2.05) is 4.90 Å². The second-order valence-electron chi connectivity index (χ2n) is 8.15. The summed E-state index contributed by atoms with van der Waals surface area (Å²) in [4.78, 5) is 32.1. The van der Waals surface area contributed by atoms with E-state index in [2.05, 4.69) is 26.4 Å². The molecule has 2 amide bonds. The van der Waals surface area contributed by atoms with Crippen LogP contribution < -0.4 is 0 Å². The van der Waals surface area contributed by atoms with E-state index < -0.39 is 0 Å². The van der Waals surface area contributed by atoms with Gasteiger partial charge in [-0.3, -0.25) is 9.59 Å². The van der Waals surface area contributed by atoms with Crippen molar-refractivity contribution in [3.8, 4) is 0 Å². The predicted molar refractivity (Wildman–Crippen MR) is 98.9 cm³/mol. The van der Waals surface area contributed by atoms with Crippen molar-refractivity contribution < 1.29 is 9.59 Å². The fraction of sp³-hybridized carbons (Fsp3) is 0.778. The molecule has 0 saturated carbocycles. The van der Waals surface area contributed by atoms with Crippen LogP contribution in [0.2, 0.25) is 0 Å². The van der Waals surface area contributed by atoms with Crippen LogP contribution in [0.3, 0.4) is 0 Å². The van der Waals surface area contributed by atoms with Gasteiger partial charge in [-0.05, 0) is 69.7 Å². The summed E-state index contributed by atoms with van der Waals surface area (Å²) in [7, 11) is 2.16. The molecule has 26 heavy (non-hydrogen) atoms. The highest BCUT2D eigenvalue weighted by atomic mass is 32.1. The molecule has 3 saturated heterocycles. The molecule has 0 radical (unpaired) electrons. The van der Waals surface area contributed by atoms with E-state index in [-0.39, 0.29) is 17.2 Å². The van der Waals surface area contributed by atoms with Crippen molar-refractivity contribution in [2.75, 3.05) is 46.3 Å². The Bertz CT molecular complexity index is 659. The lowest BCUT2D eigenvalue weighted by Crippen LogP contribution is -2.50. The van der Waals surface area contributed by atoms with Crippen LogP contribution in [0.5, 0.6) is 0 Å². The van der Waals surface area contributed by atoms with Crippen molar-refractivity contribution in [2.24, 2.45) is 11.3 Å². The van der Waals surface area contributed by atoms with Crippen LogP contribution in [0.4, 0.5) is 0 Å². The second kappa shape index (κ2) is 7.23. The number of nitrogens with zero attached hydrogens (tertiary/aromatic N) is 5. The van der Waals surface area contributed by atoms with E-state index in [9.17, 15) is 9.59 Å². The van der Waals surface area contributed by atoms with Gasteiger partial charge < -0.3 is 14.7 Å². The number of hydrogen-bond acceptors (Lipinski definition) is 6. The minimum atomic E-state index is -0.372. The maximum atomic E-state index is 13.2. The summed E-state index contributed by atoms with van der Waals surface area (Å²) in [6.45, 7) is 5.22. The van der Waals surface area contributed by atoms with E-state index >= 15 is 0 Å². The Balaban J connectivity index is 1.40. The summed E-state index contributed by atoms with van der Waals surface area (Å²) in [6, 6.07) is 0. The normalized spacial score (nSPS) is 28.3. The number of carbonyl (C=O) groups is 2. The van der Waals surface area contributed by atoms with Gasteiger partial charge in [-0.2, -0.15) is 0 Å². The van der Waals surface area contributed by atoms with Gasteiger partial charge in [0.2, 0.25) is 5.91 Å². The highest BCUT2D eigenvalue weighted by Crippen LogP contribution is 2.41. The van der Waals surface area contributed by atoms with Crippen LogP contribution in [0.1, 0.15) is 42.6 Å². The van der Waals surface area contributed by atoms with E-state index in [0.717, 1.165) is 45.4 Å². The maximum Gasteiger partial charge on any atom is 0.275 e. The third-order valence-electron chi connectivity index (χ3n) is 6.36. The minimum absolute atomic E-state index is 0.0839. The van der Waals surface area contributed by atoms with Gasteiger partial charge in [0.25, 0.3) is 5.91 Å². The molecule has 8 heteroatoms. The van der Waals surface area contributed by atoms with Crippen molar-refractivity contribution >= 4 is 23.3 Å². The average molecular weight is 378 g/mol. The molecule has 1 spiro atoms. The lowest BCUT2D eigenvalue weighted by molar-refractivity contribution is -0.138. The van der Waals surface area contributed by atoms with Crippen LogP contribution in [0.15, 0.2) is 5.38 Å². The number of hydrogen-bond donors (Lipinski definition) is 0. The second-order valence-corrected chi connectivity index (χ2v) is 8.76. The first-order chi connectivity index (χ1) is 12.6. The molecule has 1 aromatic rings. The molecule has 1 aromatic heterocycles. The van der Waals surface area contributed by atoms with E-state index in [4.69, 9.17) is 0 Å². The van der Waals surface area contributed by atoms with E-state index in [1.165, 1.54) is 24.4 Å².